The Morgan fingerprint density at radius 1 is 1.38 bits per heavy atom. The Morgan fingerprint density at radius 3 is 2.88 bits per heavy atom. The van der Waals surface area contributed by atoms with Gasteiger partial charge in [0, 0.05) is 26.2 Å². The van der Waals surface area contributed by atoms with Crippen molar-refractivity contribution < 1.29 is 9.53 Å². The topological polar surface area (TPSA) is 41.6 Å². The molecule has 0 saturated carbocycles. The number of nitrogens with zero attached hydrogens (tertiary/aromatic N) is 1. The van der Waals surface area contributed by atoms with Gasteiger partial charge in [0.1, 0.15) is 0 Å². The van der Waals surface area contributed by atoms with Gasteiger partial charge in [0.2, 0.25) is 5.91 Å². The molecule has 2 heterocycles. The summed E-state index contributed by atoms with van der Waals surface area (Å²) in [6.45, 7) is 8.39. The first kappa shape index (κ1) is 11.9. The summed E-state index contributed by atoms with van der Waals surface area (Å²) >= 11 is 0. The van der Waals surface area contributed by atoms with E-state index in [4.69, 9.17) is 4.74 Å². The summed E-state index contributed by atoms with van der Waals surface area (Å²) in [5.74, 6) is 0.951. The molecule has 2 aliphatic heterocycles. The van der Waals surface area contributed by atoms with Crippen LogP contribution in [0.4, 0.5) is 0 Å². The second kappa shape index (κ2) is 5.15. The highest BCUT2D eigenvalue weighted by molar-refractivity contribution is 5.79. The lowest BCUT2D eigenvalue weighted by Crippen LogP contribution is -2.41. The van der Waals surface area contributed by atoms with Crippen LogP contribution in [0.5, 0.6) is 0 Å². The molecule has 4 nitrogen and oxygen atoms in total. The first-order valence-corrected chi connectivity index (χ1v) is 6.29. The van der Waals surface area contributed by atoms with Crippen molar-refractivity contribution in [3.8, 4) is 0 Å². The van der Waals surface area contributed by atoms with Crippen molar-refractivity contribution in [2.75, 3.05) is 32.8 Å². The van der Waals surface area contributed by atoms with Crippen molar-refractivity contribution >= 4 is 5.91 Å². The summed E-state index contributed by atoms with van der Waals surface area (Å²) < 4.78 is 5.56. The highest BCUT2D eigenvalue weighted by atomic mass is 16.5. The van der Waals surface area contributed by atoms with Crippen LogP contribution in [-0.4, -0.2) is 49.7 Å². The van der Waals surface area contributed by atoms with Crippen LogP contribution >= 0.6 is 0 Å². The Morgan fingerprint density at radius 2 is 2.19 bits per heavy atom. The van der Waals surface area contributed by atoms with Crippen LogP contribution in [0.1, 0.15) is 20.3 Å². The van der Waals surface area contributed by atoms with E-state index in [1.54, 1.807) is 0 Å². The molecular formula is C12H22N2O2. The maximum Gasteiger partial charge on any atom is 0.227 e. The minimum absolute atomic E-state index is 0.172. The molecule has 3 unspecified atom stereocenters. The normalized spacial score (nSPS) is 36.1. The van der Waals surface area contributed by atoms with Crippen LogP contribution < -0.4 is 5.32 Å². The predicted molar refractivity (Wildman–Crippen MR) is 62.1 cm³/mol. The third-order valence-corrected chi connectivity index (χ3v) is 3.60. The maximum absolute atomic E-state index is 12.3. The van der Waals surface area contributed by atoms with E-state index >= 15 is 0 Å². The van der Waals surface area contributed by atoms with Crippen LogP contribution in [0.3, 0.4) is 0 Å². The number of carbonyl (C=O) groups is 1. The average Bonchev–Trinajstić information content (AvgIpc) is 2.55. The van der Waals surface area contributed by atoms with E-state index in [2.05, 4.69) is 12.2 Å². The Kier molecular flexibility index (Phi) is 3.82. The van der Waals surface area contributed by atoms with Crippen LogP contribution in [-0.2, 0) is 9.53 Å². The molecule has 0 aromatic rings. The first-order valence-electron chi connectivity index (χ1n) is 6.29. The summed E-state index contributed by atoms with van der Waals surface area (Å²) in [6, 6.07) is 0. The van der Waals surface area contributed by atoms with E-state index in [0.29, 0.717) is 11.8 Å². The quantitative estimate of drug-likeness (QED) is 0.707. The highest BCUT2D eigenvalue weighted by Gasteiger charge is 2.33. The molecule has 0 aromatic heterocycles. The molecule has 0 bridgehead atoms. The minimum atomic E-state index is 0.172. The van der Waals surface area contributed by atoms with Gasteiger partial charge in [-0.25, -0.2) is 0 Å². The molecule has 92 valence electrons. The second-order valence-corrected chi connectivity index (χ2v) is 5.06. The standard InChI is InChI=1S/C12H22N2O2/c1-9-6-13-7-11(9)12(15)14-4-3-5-16-10(2)8-14/h9-11,13H,3-8H2,1-2H3. The fourth-order valence-corrected chi connectivity index (χ4v) is 2.57. The average molecular weight is 226 g/mol. The van der Waals surface area contributed by atoms with E-state index in [-0.39, 0.29) is 12.0 Å². The summed E-state index contributed by atoms with van der Waals surface area (Å²) in [5.41, 5.74) is 0. The van der Waals surface area contributed by atoms with Crippen molar-refractivity contribution in [3.05, 3.63) is 0 Å². The molecular weight excluding hydrogens is 204 g/mol. The third kappa shape index (κ3) is 2.55. The number of hydrogen-bond acceptors (Lipinski definition) is 3. The van der Waals surface area contributed by atoms with E-state index < -0.39 is 0 Å². The van der Waals surface area contributed by atoms with E-state index in [9.17, 15) is 4.79 Å². The molecule has 0 aromatic carbocycles. The van der Waals surface area contributed by atoms with Gasteiger partial charge in [-0.1, -0.05) is 6.92 Å². The molecule has 2 aliphatic rings. The highest BCUT2D eigenvalue weighted by Crippen LogP contribution is 2.20. The maximum atomic E-state index is 12.3. The lowest BCUT2D eigenvalue weighted by molar-refractivity contribution is -0.136. The summed E-state index contributed by atoms with van der Waals surface area (Å²) in [4.78, 5) is 14.3. The smallest absolute Gasteiger partial charge is 0.227 e. The number of amides is 1. The molecule has 0 radical (unpaired) electrons. The van der Waals surface area contributed by atoms with Crippen molar-refractivity contribution in [1.29, 1.82) is 0 Å². The fourth-order valence-electron chi connectivity index (χ4n) is 2.57. The van der Waals surface area contributed by atoms with E-state index in [1.807, 2.05) is 11.8 Å². The number of rotatable bonds is 1. The van der Waals surface area contributed by atoms with Gasteiger partial charge in [0.15, 0.2) is 0 Å². The van der Waals surface area contributed by atoms with E-state index in [1.165, 1.54) is 0 Å². The molecule has 1 amide bonds. The van der Waals surface area contributed by atoms with Gasteiger partial charge in [-0.15, -0.1) is 0 Å². The molecule has 0 spiro atoms. The zero-order valence-electron chi connectivity index (χ0n) is 10.2. The van der Waals surface area contributed by atoms with E-state index in [0.717, 1.165) is 39.2 Å². The monoisotopic (exact) mass is 226 g/mol. The molecule has 2 saturated heterocycles. The molecule has 16 heavy (non-hydrogen) atoms. The van der Waals surface area contributed by atoms with Gasteiger partial charge in [-0.05, 0) is 25.8 Å². The summed E-state index contributed by atoms with van der Waals surface area (Å²) in [6.07, 6.45) is 1.14. The summed E-state index contributed by atoms with van der Waals surface area (Å²) in [7, 11) is 0. The first-order chi connectivity index (χ1) is 7.68. The van der Waals surface area contributed by atoms with Gasteiger partial charge in [0.05, 0.1) is 12.0 Å². The largest absolute Gasteiger partial charge is 0.377 e. The lowest BCUT2D eigenvalue weighted by atomic mass is 9.96. The molecule has 0 aliphatic carbocycles. The second-order valence-electron chi connectivity index (χ2n) is 5.06. The van der Waals surface area contributed by atoms with Crippen LogP contribution in [0.15, 0.2) is 0 Å². The number of nitrogens with one attached hydrogen (secondary N) is 1. The zero-order valence-corrected chi connectivity index (χ0v) is 10.2. The Balaban J connectivity index is 1.97. The number of ether oxygens (including phenoxy) is 1. The van der Waals surface area contributed by atoms with Gasteiger partial charge in [0.25, 0.3) is 0 Å². The van der Waals surface area contributed by atoms with Crippen molar-refractivity contribution in [1.82, 2.24) is 10.2 Å². The predicted octanol–water partition coefficient (Wildman–Crippen LogP) is 0.479. The summed E-state index contributed by atoms with van der Waals surface area (Å²) in [5, 5.41) is 3.29. The number of carbonyl (C=O) groups excluding carboxylic acids is 1. The molecule has 3 atom stereocenters. The molecule has 2 fully saturated rings. The van der Waals surface area contributed by atoms with Crippen LogP contribution in [0.2, 0.25) is 0 Å². The van der Waals surface area contributed by atoms with Gasteiger partial charge in [-0.3, -0.25) is 4.79 Å². The number of hydrogen-bond donors (Lipinski definition) is 1. The van der Waals surface area contributed by atoms with Crippen LogP contribution in [0, 0.1) is 11.8 Å². The minimum Gasteiger partial charge on any atom is -0.377 e. The van der Waals surface area contributed by atoms with Gasteiger partial charge in [-0.2, -0.15) is 0 Å². The van der Waals surface area contributed by atoms with Crippen LogP contribution in [0.25, 0.3) is 0 Å². The lowest BCUT2D eigenvalue weighted by Gasteiger charge is -2.26. The third-order valence-electron chi connectivity index (χ3n) is 3.60. The SMILES string of the molecule is CC1CN(C(=O)C2CNCC2C)CCCO1. The van der Waals surface area contributed by atoms with Gasteiger partial charge < -0.3 is 15.0 Å². The van der Waals surface area contributed by atoms with Crippen molar-refractivity contribution in [3.63, 3.8) is 0 Å². The fraction of sp³-hybridized carbons (Fsp3) is 0.917. The van der Waals surface area contributed by atoms with Crippen molar-refractivity contribution in [2.24, 2.45) is 11.8 Å². The molecule has 2 rings (SSSR count). The Bertz CT molecular complexity index is 257. The molecule has 4 heteroatoms. The zero-order chi connectivity index (χ0) is 11.5. The molecule has 1 N–H and O–H groups in total. The van der Waals surface area contributed by atoms with Crippen molar-refractivity contribution in [2.45, 2.75) is 26.4 Å². The Hall–Kier alpha value is -0.610. The Labute approximate surface area is 97.3 Å². The van der Waals surface area contributed by atoms with Gasteiger partial charge >= 0.3 is 0 Å².